The standard InChI is InChI=1S/C12H18N2OS.ClH/c1-9-8-14(10(2)7-13-9)12(15)6-11-4-3-5-16-11;/h3-5,9-10,13H,6-8H2,1-2H3;1H. The maximum Gasteiger partial charge on any atom is 0.228 e. The van der Waals surface area contributed by atoms with Gasteiger partial charge in [0.05, 0.1) is 6.42 Å². The number of carbonyl (C=O) groups is 1. The molecule has 3 nitrogen and oxygen atoms in total. The van der Waals surface area contributed by atoms with Crippen LogP contribution in [0.15, 0.2) is 17.5 Å². The number of carbonyl (C=O) groups excluding carboxylic acids is 1. The van der Waals surface area contributed by atoms with Crippen LogP contribution in [0.1, 0.15) is 18.7 Å². The van der Waals surface area contributed by atoms with E-state index in [0.29, 0.717) is 18.5 Å². The van der Waals surface area contributed by atoms with E-state index >= 15 is 0 Å². The second kappa shape index (κ2) is 6.38. The third-order valence-electron chi connectivity index (χ3n) is 2.99. The molecule has 1 aliphatic heterocycles. The molecule has 1 N–H and O–H groups in total. The van der Waals surface area contributed by atoms with Gasteiger partial charge in [-0.1, -0.05) is 6.07 Å². The predicted octanol–water partition coefficient (Wildman–Crippen LogP) is 1.92. The number of piperazine rings is 1. The number of amides is 1. The molecule has 0 radical (unpaired) electrons. The molecule has 17 heavy (non-hydrogen) atoms. The number of thiophene rings is 1. The lowest BCUT2D eigenvalue weighted by Crippen LogP contribution is -2.56. The molecule has 0 aliphatic carbocycles. The number of nitrogens with one attached hydrogen (secondary N) is 1. The Kier molecular flexibility index (Phi) is 5.43. The Morgan fingerprint density at radius 1 is 1.59 bits per heavy atom. The fraction of sp³-hybridized carbons (Fsp3) is 0.583. The van der Waals surface area contributed by atoms with Gasteiger partial charge in [-0.2, -0.15) is 0 Å². The van der Waals surface area contributed by atoms with Crippen LogP contribution in [0, 0.1) is 0 Å². The highest BCUT2D eigenvalue weighted by molar-refractivity contribution is 7.10. The van der Waals surface area contributed by atoms with Crippen molar-refractivity contribution in [1.82, 2.24) is 10.2 Å². The maximum atomic E-state index is 12.1. The van der Waals surface area contributed by atoms with Gasteiger partial charge in [-0.05, 0) is 25.3 Å². The summed E-state index contributed by atoms with van der Waals surface area (Å²) in [6, 6.07) is 4.74. The number of hydrogen-bond acceptors (Lipinski definition) is 3. The Morgan fingerprint density at radius 3 is 3.00 bits per heavy atom. The van der Waals surface area contributed by atoms with E-state index < -0.39 is 0 Å². The third kappa shape index (κ3) is 3.69. The second-order valence-electron chi connectivity index (χ2n) is 4.46. The highest BCUT2D eigenvalue weighted by atomic mass is 35.5. The molecule has 2 heterocycles. The van der Waals surface area contributed by atoms with Crippen LogP contribution in [-0.2, 0) is 11.2 Å². The van der Waals surface area contributed by atoms with Crippen LogP contribution in [-0.4, -0.2) is 36.0 Å². The molecule has 1 aromatic rings. The lowest BCUT2D eigenvalue weighted by Gasteiger charge is -2.37. The molecular formula is C12H19ClN2OS. The van der Waals surface area contributed by atoms with Gasteiger partial charge in [-0.3, -0.25) is 4.79 Å². The van der Waals surface area contributed by atoms with Crippen LogP contribution in [0.2, 0.25) is 0 Å². The molecule has 1 aromatic heterocycles. The van der Waals surface area contributed by atoms with E-state index in [2.05, 4.69) is 19.2 Å². The van der Waals surface area contributed by atoms with E-state index in [1.54, 1.807) is 11.3 Å². The van der Waals surface area contributed by atoms with Crippen LogP contribution in [0.5, 0.6) is 0 Å². The summed E-state index contributed by atoms with van der Waals surface area (Å²) in [7, 11) is 0. The summed E-state index contributed by atoms with van der Waals surface area (Å²) >= 11 is 1.65. The average Bonchev–Trinajstić information content (AvgIpc) is 2.74. The molecular weight excluding hydrogens is 256 g/mol. The number of rotatable bonds is 2. The summed E-state index contributed by atoms with van der Waals surface area (Å²) < 4.78 is 0. The quantitative estimate of drug-likeness (QED) is 0.894. The Labute approximate surface area is 113 Å². The number of hydrogen-bond donors (Lipinski definition) is 1. The third-order valence-corrected chi connectivity index (χ3v) is 3.87. The van der Waals surface area contributed by atoms with Gasteiger partial charge in [0.15, 0.2) is 0 Å². The molecule has 2 unspecified atom stereocenters. The van der Waals surface area contributed by atoms with Gasteiger partial charge in [0.1, 0.15) is 0 Å². The van der Waals surface area contributed by atoms with E-state index in [0.717, 1.165) is 18.0 Å². The molecule has 5 heteroatoms. The summed E-state index contributed by atoms with van der Waals surface area (Å²) in [5.41, 5.74) is 0. The molecule has 0 spiro atoms. The van der Waals surface area contributed by atoms with E-state index in [9.17, 15) is 4.79 Å². The zero-order chi connectivity index (χ0) is 11.5. The first-order valence-electron chi connectivity index (χ1n) is 5.72. The van der Waals surface area contributed by atoms with Gasteiger partial charge < -0.3 is 10.2 Å². The molecule has 1 aliphatic rings. The smallest absolute Gasteiger partial charge is 0.228 e. The van der Waals surface area contributed by atoms with Gasteiger partial charge in [0, 0.05) is 30.1 Å². The van der Waals surface area contributed by atoms with Crippen LogP contribution >= 0.6 is 23.7 Å². The summed E-state index contributed by atoms with van der Waals surface area (Å²) in [5, 5.41) is 5.40. The summed E-state index contributed by atoms with van der Waals surface area (Å²) in [4.78, 5) is 15.3. The molecule has 96 valence electrons. The fourth-order valence-electron chi connectivity index (χ4n) is 2.03. The van der Waals surface area contributed by atoms with E-state index in [4.69, 9.17) is 0 Å². The lowest BCUT2D eigenvalue weighted by molar-refractivity contribution is -0.133. The van der Waals surface area contributed by atoms with Crippen molar-refractivity contribution in [2.24, 2.45) is 0 Å². The van der Waals surface area contributed by atoms with Crippen molar-refractivity contribution >= 4 is 29.7 Å². The predicted molar refractivity (Wildman–Crippen MR) is 73.9 cm³/mol. The van der Waals surface area contributed by atoms with E-state index in [1.165, 1.54) is 0 Å². The van der Waals surface area contributed by atoms with Gasteiger partial charge in [-0.25, -0.2) is 0 Å². The van der Waals surface area contributed by atoms with Gasteiger partial charge in [-0.15, -0.1) is 23.7 Å². The van der Waals surface area contributed by atoms with E-state index in [1.807, 2.05) is 22.4 Å². The zero-order valence-electron chi connectivity index (χ0n) is 10.2. The van der Waals surface area contributed by atoms with Crippen molar-refractivity contribution in [1.29, 1.82) is 0 Å². The van der Waals surface area contributed by atoms with Crippen molar-refractivity contribution in [3.05, 3.63) is 22.4 Å². The van der Waals surface area contributed by atoms with Crippen molar-refractivity contribution in [2.45, 2.75) is 32.4 Å². The largest absolute Gasteiger partial charge is 0.337 e. The Morgan fingerprint density at radius 2 is 2.35 bits per heavy atom. The van der Waals surface area contributed by atoms with Crippen molar-refractivity contribution in [2.75, 3.05) is 13.1 Å². The second-order valence-corrected chi connectivity index (χ2v) is 5.49. The number of nitrogens with zero attached hydrogens (tertiary/aromatic N) is 1. The first-order chi connectivity index (χ1) is 7.66. The summed E-state index contributed by atoms with van der Waals surface area (Å²) in [6.45, 7) is 5.95. The van der Waals surface area contributed by atoms with Crippen molar-refractivity contribution in [3.8, 4) is 0 Å². The monoisotopic (exact) mass is 274 g/mol. The molecule has 2 atom stereocenters. The molecule has 1 amide bonds. The molecule has 0 saturated carbocycles. The summed E-state index contributed by atoms with van der Waals surface area (Å²) in [5.74, 6) is 0.253. The average molecular weight is 275 g/mol. The van der Waals surface area contributed by atoms with Gasteiger partial charge in [0.25, 0.3) is 0 Å². The molecule has 0 bridgehead atoms. The molecule has 1 fully saturated rings. The Hall–Kier alpha value is -0.580. The minimum absolute atomic E-state index is 0. The van der Waals surface area contributed by atoms with Crippen LogP contribution in [0.4, 0.5) is 0 Å². The normalized spacial score (nSPS) is 24.2. The number of halogens is 1. The first-order valence-corrected chi connectivity index (χ1v) is 6.60. The topological polar surface area (TPSA) is 32.3 Å². The Balaban J connectivity index is 0.00000144. The zero-order valence-corrected chi connectivity index (χ0v) is 11.8. The van der Waals surface area contributed by atoms with Gasteiger partial charge in [0.2, 0.25) is 5.91 Å². The van der Waals surface area contributed by atoms with Crippen LogP contribution < -0.4 is 5.32 Å². The van der Waals surface area contributed by atoms with E-state index in [-0.39, 0.29) is 18.3 Å². The first kappa shape index (κ1) is 14.5. The van der Waals surface area contributed by atoms with Crippen LogP contribution in [0.3, 0.4) is 0 Å². The maximum absolute atomic E-state index is 12.1. The molecule has 2 rings (SSSR count). The molecule has 1 saturated heterocycles. The van der Waals surface area contributed by atoms with Crippen LogP contribution in [0.25, 0.3) is 0 Å². The highest BCUT2D eigenvalue weighted by Gasteiger charge is 2.26. The molecule has 0 aromatic carbocycles. The minimum atomic E-state index is 0. The SMILES string of the molecule is CC1CN(C(=O)Cc2cccs2)C(C)CN1.Cl. The van der Waals surface area contributed by atoms with Gasteiger partial charge >= 0.3 is 0 Å². The minimum Gasteiger partial charge on any atom is -0.337 e. The lowest BCUT2D eigenvalue weighted by atomic mass is 10.1. The van der Waals surface area contributed by atoms with Crippen molar-refractivity contribution < 1.29 is 4.79 Å². The Bertz CT molecular complexity index is 355. The van der Waals surface area contributed by atoms with Crippen molar-refractivity contribution in [3.63, 3.8) is 0 Å². The summed E-state index contributed by atoms with van der Waals surface area (Å²) in [6.07, 6.45) is 0.550. The highest BCUT2D eigenvalue weighted by Crippen LogP contribution is 2.13. The fourth-order valence-corrected chi connectivity index (χ4v) is 2.73.